The van der Waals surface area contributed by atoms with Crippen LogP contribution in [0.3, 0.4) is 0 Å². The lowest BCUT2D eigenvalue weighted by Gasteiger charge is -1.95. The van der Waals surface area contributed by atoms with E-state index in [0.29, 0.717) is 0 Å². The molecule has 0 radical (unpaired) electrons. The van der Waals surface area contributed by atoms with Crippen LogP contribution in [0.2, 0.25) is 0 Å². The van der Waals surface area contributed by atoms with E-state index in [1.54, 1.807) is 6.92 Å². The molecule has 0 fully saturated rings. The van der Waals surface area contributed by atoms with Gasteiger partial charge in [-0.05, 0) is 6.92 Å². The van der Waals surface area contributed by atoms with Gasteiger partial charge in [0.25, 0.3) is 0 Å². The van der Waals surface area contributed by atoms with Crippen LogP contribution in [-0.4, -0.2) is 13.1 Å². The van der Waals surface area contributed by atoms with Crippen molar-refractivity contribution < 1.29 is 9.53 Å². The van der Waals surface area contributed by atoms with Gasteiger partial charge in [0.2, 0.25) is 0 Å². The molecule has 0 heterocycles. The Kier molecular flexibility index (Phi) is 4.14. The van der Waals surface area contributed by atoms with Crippen molar-refractivity contribution in [1.82, 2.24) is 0 Å². The van der Waals surface area contributed by atoms with E-state index in [1.807, 2.05) is 0 Å². The van der Waals surface area contributed by atoms with Crippen molar-refractivity contribution in [2.45, 2.75) is 13.3 Å². The van der Waals surface area contributed by atoms with Crippen molar-refractivity contribution in [2.75, 3.05) is 7.11 Å². The van der Waals surface area contributed by atoms with Crippen LogP contribution in [0, 0.1) is 0 Å². The molecule has 0 saturated carbocycles. The molecule has 0 amide bonds. The van der Waals surface area contributed by atoms with Crippen LogP contribution in [0.4, 0.5) is 0 Å². The number of carbonyl (C=O) groups is 1. The summed E-state index contributed by atoms with van der Waals surface area (Å²) in [5.41, 5.74) is 2.18. The zero-order valence-corrected chi connectivity index (χ0v) is 6.23. The Hall–Kier alpha value is -0.500. The van der Waals surface area contributed by atoms with E-state index >= 15 is 0 Å². The fraction of sp³-hybridized carbons (Fsp3) is 0.500. The summed E-state index contributed by atoms with van der Waals surface area (Å²) in [5.74, 6) is -0.260. The van der Waals surface area contributed by atoms with Crippen LogP contribution in [0.1, 0.15) is 13.3 Å². The summed E-state index contributed by atoms with van der Waals surface area (Å²) in [6, 6.07) is 0. The van der Waals surface area contributed by atoms with E-state index in [1.165, 1.54) is 12.6 Å². The molecule has 0 atom stereocenters. The Morgan fingerprint density at radius 2 is 2.33 bits per heavy atom. The Bertz CT molecular complexity index is 129. The number of rotatable bonds is 2. The molecule has 0 unspecified atom stereocenters. The lowest BCUT2D eigenvalue weighted by atomic mass is 10.2. The van der Waals surface area contributed by atoms with E-state index in [9.17, 15) is 4.79 Å². The predicted octanol–water partition coefficient (Wildman–Crippen LogP) is 1.69. The number of ether oxygens (including phenoxy) is 1. The third-order valence-electron chi connectivity index (χ3n) is 0.837. The predicted molar refractivity (Wildman–Crippen MR) is 36.2 cm³/mol. The molecule has 0 rings (SSSR count). The molecule has 0 spiro atoms. The number of halogens is 1. The highest BCUT2D eigenvalue weighted by Crippen LogP contribution is 2.01. The maximum Gasteiger partial charge on any atom is 0.309 e. The SMILES string of the molecule is COC(=O)C/C(C)=C/Cl. The van der Waals surface area contributed by atoms with Crippen LogP contribution in [0.5, 0.6) is 0 Å². The topological polar surface area (TPSA) is 26.3 Å². The molecule has 0 aromatic rings. The largest absolute Gasteiger partial charge is 0.469 e. The number of carbonyl (C=O) groups excluding carboxylic acids is 1. The summed E-state index contributed by atoms with van der Waals surface area (Å²) >= 11 is 5.28. The van der Waals surface area contributed by atoms with Gasteiger partial charge in [0.1, 0.15) is 0 Å². The zero-order valence-electron chi connectivity index (χ0n) is 5.48. The minimum absolute atomic E-state index is 0.260. The molecule has 9 heavy (non-hydrogen) atoms. The highest BCUT2D eigenvalue weighted by atomic mass is 35.5. The van der Waals surface area contributed by atoms with Gasteiger partial charge >= 0.3 is 5.97 Å². The quantitative estimate of drug-likeness (QED) is 0.557. The Morgan fingerprint density at radius 1 is 1.78 bits per heavy atom. The number of hydrogen-bond donors (Lipinski definition) is 0. The van der Waals surface area contributed by atoms with Crippen LogP contribution >= 0.6 is 11.6 Å². The zero-order chi connectivity index (χ0) is 7.28. The first-order chi connectivity index (χ1) is 4.20. The Balaban J connectivity index is 3.60. The molecule has 0 aromatic carbocycles. The standard InChI is InChI=1S/C6H9ClO2/c1-5(4-7)3-6(8)9-2/h4H,3H2,1-2H3/b5-4+. The van der Waals surface area contributed by atoms with Crippen molar-refractivity contribution in [2.24, 2.45) is 0 Å². The van der Waals surface area contributed by atoms with Gasteiger partial charge in [-0.2, -0.15) is 0 Å². The summed E-state index contributed by atoms with van der Waals surface area (Å²) in [6.07, 6.45) is 0.278. The third kappa shape index (κ3) is 4.03. The molecule has 3 heteroatoms. The Morgan fingerprint density at radius 3 is 2.67 bits per heavy atom. The second kappa shape index (κ2) is 4.39. The van der Waals surface area contributed by atoms with Gasteiger partial charge in [0, 0.05) is 5.54 Å². The van der Waals surface area contributed by atoms with Crippen LogP contribution in [0.25, 0.3) is 0 Å². The summed E-state index contributed by atoms with van der Waals surface area (Å²) < 4.78 is 4.38. The fourth-order valence-electron chi connectivity index (χ4n) is 0.338. The van der Waals surface area contributed by atoms with Crippen LogP contribution in [0.15, 0.2) is 11.1 Å². The summed E-state index contributed by atoms with van der Waals surface area (Å²) in [4.78, 5) is 10.5. The van der Waals surface area contributed by atoms with E-state index in [4.69, 9.17) is 11.6 Å². The molecule has 0 bridgehead atoms. The first-order valence-corrected chi connectivity index (χ1v) is 2.97. The minimum atomic E-state index is -0.260. The molecule has 52 valence electrons. The molecule has 0 aliphatic heterocycles. The molecule has 0 saturated heterocycles. The van der Waals surface area contributed by atoms with Crippen molar-refractivity contribution >= 4 is 17.6 Å². The van der Waals surface area contributed by atoms with E-state index in [0.717, 1.165) is 5.57 Å². The van der Waals surface area contributed by atoms with Gasteiger partial charge in [-0.15, -0.1) is 0 Å². The minimum Gasteiger partial charge on any atom is -0.469 e. The smallest absolute Gasteiger partial charge is 0.309 e. The monoisotopic (exact) mass is 148 g/mol. The van der Waals surface area contributed by atoms with Crippen molar-refractivity contribution in [3.63, 3.8) is 0 Å². The van der Waals surface area contributed by atoms with E-state index in [2.05, 4.69) is 4.74 Å². The first kappa shape index (κ1) is 8.50. The van der Waals surface area contributed by atoms with E-state index in [-0.39, 0.29) is 12.4 Å². The van der Waals surface area contributed by atoms with Gasteiger partial charge in [0.05, 0.1) is 13.5 Å². The average Bonchev–Trinajstić information content (AvgIpc) is 1.87. The number of esters is 1. The third-order valence-corrected chi connectivity index (χ3v) is 1.21. The second-order valence-corrected chi connectivity index (χ2v) is 1.93. The number of methoxy groups -OCH3 is 1. The van der Waals surface area contributed by atoms with Crippen molar-refractivity contribution in [3.8, 4) is 0 Å². The lowest BCUT2D eigenvalue weighted by molar-refractivity contribution is -0.139. The highest BCUT2D eigenvalue weighted by molar-refractivity contribution is 6.25. The Labute approximate surface area is 59.5 Å². The maximum atomic E-state index is 10.5. The van der Waals surface area contributed by atoms with E-state index < -0.39 is 0 Å². The molecule has 0 aliphatic rings. The van der Waals surface area contributed by atoms with Gasteiger partial charge in [-0.25, -0.2) is 0 Å². The normalized spacial score (nSPS) is 11.2. The molecular formula is C6H9ClO2. The van der Waals surface area contributed by atoms with Crippen LogP contribution < -0.4 is 0 Å². The molecule has 0 aliphatic carbocycles. The molecule has 2 nitrogen and oxygen atoms in total. The summed E-state index contributed by atoms with van der Waals surface area (Å²) in [7, 11) is 1.35. The summed E-state index contributed by atoms with van der Waals surface area (Å²) in [5, 5.41) is 0. The van der Waals surface area contributed by atoms with Crippen molar-refractivity contribution in [3.05, 3.63) is 11.1 Å². The van der Waals surface area contributed by atoms with Crippen molar-refractivity contribution in [1.29, 1.82) is 0 Å². The van der Waals surface area contributed by atoms with Gasteiger partial charge in [-0.3, -0.25) is 4.79 Å². The van der Waals surface area contributed by atoms with Gasteiger partial charge in [0.15, 0.2) is 0 Å². The fourth-order valence-corrected chi connectivity index (χ4v) is 0.416. The van der Waals surface area contributed by atoms with Gasteiger partial charge < -0.3 is 4.74 Å². The van der Waals surface area contributed by atoms with Crippen LogP contribution in [-0.2, 0) is 9.53 Å². The molecule has 0 N–H and O–H groups in total. The first-order valence-electron chi connectivity index (χ1n) is 2.53. The van der Waals surface area contributed by atoms with Gasteiger partial charge in [-0.1, -0.05) is 17.2 Å². The maximum absolute atomic E-state index is 10.5. The second-order valence-electron chi connectivity index (χ2n) is 1.71. The average molecular weight is 149 g/mol. The number of hydrogen-bond acceptors (Lipinski definition) is 2. The summed E-state index contributed by atoms with van der Waals surface area (Å²) in [6.45, 7) is 1.77. The lowest BCUT2D eigenvalue weighted by Crippen LogP contribution is -1.99. The highest BCUT2D eigenvalue weighted by Gasteiger charge is 1.98. The molecule has 0 aromatic heterocycles. The molecular weight excluding hydrogens is 140 g/mol.